The van der Waals surface area contributed by atoms with E-state index in [1.54, 1.807) is 24.3 Å². The third kappa shape index (κ3) is 14.3. The van der Waals surface area contributed by atoms with Crippen LogP contribution in [0.15, 0.2) is 48.5 Å². The maximum Gasteiger partial charge on any atom is 0.513 e. The molecule has 2 aromatic carbocycles. The molecule has 0 aliphatic rings. The minimum atomic E-state index is -0.716. The standard InChI is InChI=1S/C31H45NO5/c1-2-3-4-5-6-7-8-9-10-11-12-13-14-15-16-25-36-31(35)37-29-23-19-27(20-24-29)32-30(34)26-17-21-28(33)22-18-26/h17-24,33H,2-16,25H2,1H3,(H,32,34). The van der Waals surface area contributed by atoms with Crippen molar-refractivity contribution in [2.75, 3.05) is 11.9 Å². The topological polar surface area (TPSA) is 84.9 Å². The molecule has 0 aliphatic carbocycles. The number of nitrogens with one attached hydrogen (secondary N) is 1. The van der Waals surface area contributed by atoms with E-state index in [9.17, 15) is 14.7 Å². The monoisotopic (exact) mass is 511 g/mol. The highest BCUT2D eigenvalue weighted by Gasteiger charge is 2.08. The van der Waals surface area contributed by atoms with Crippen molar-refractivity contribution in [1.82, 2.24) is 0 Å². The largest absolute Gasteiger partial charge is 0.513 e. The smallest absolute Gasteiger partial charge is 0.508 e. The van der Waals surface area contributed by atoms with Crippen LogP contribution in [0.2, 0.25) is 0 Å². The van der Waals surface area contributed by atoms with Crippen LogP contribution < -0.4 is 10.1 Å². The fourth-order valence-corrected chi connectivity index (χ4v) is 4.18. The molecule has 2 rings (SSSR count). The molecule has 1 amide bonds. The number of hydrogen-bond donors (Lipinski definition) is 2. The van der Waals surface area contributed by atoms with Gasteiger partial charge in [-0.05, 0) is 55.0 Å². The lowest BCUT2D eigenvalue weighted by Crippen LogP contribution is -2.12. The van der Waals surface area contributed by atoms with Crippen molar-refractivity contribution >= 4 is 17.7 Å². The molecule has 2 aromatic rings. The predicted octanol–water partition coefficient (Wildman–Crippen LogP) is 9.03. The molecule has 6 heteroatoms. The summed E-state index contributed by atoms with van der Waals surface area (Å²) in [5, 5.41) is 12.1. The van der Waals surface area contributed by atoms with Gasteiger partial charge in [0.1, 0.15) is 11.5 Å². The molecule has 37 heavy (non-hydrogen) atoms. The molecular weight excluding hydrogens is 466 g/mol. The summed E-state index contributed by atoms with van der Waals surface area (Å²) in [6.45, 7) is 2.62. The molecule has 6 nitrogen and oxygen atoms in total. The van der Waals surface area contributed by atoms with Gasteiger partial charge >= 0.3 is 6.16 Å². The molecule has 204 valence electrons. The van der Waals surface area contributed by atoms with Crippen LogP contribution in [0.1, 0.15) is 114 Å². The summed E-state index contributed by atoms with van der Waals surface area (Å²) in [4.78, 5) is 24.1. The van der Waals surface area contributed by atoms with E-state index in [0.29, 0.717) is 23.6 Å². The number of anilines is 1. The van der Waals surface area contributed by atoms with E-state index >= 15 is 0 Å². The third-order valence-corrected chi connectivity index (χ3v) is 6.41. The molecule has 0 saturated carbocycles. The van der Waals surface area contributed by atoms with Crippen molar-refractivity contribution in [3.05, 3.63) is 54.1 Å². The first-order chi connectivity index (χ1) is 18.1. The Morgan fingerprint density at radius 1 is 0.676 bits per heavy atom. The van der Waals surface area contributed by atoms with Crippen LogP contribution in [-0.2, 0) is 4.74 Å². The Balaban J connectivity index is 1.44. The zero-order valence-corrected chi connectivity index (χ0v) is 22.5. The fraction of sp³-hybridized carbons (Fsp3) is 0.548. The normalized spacial score (nSPS) is 10.7. The Morgan fingerprint density at radius 2 is 1.16 bits per heavy atom. The van der Waals surface area contributed by atoms with Crippen LogP contribution in [0.3, 0.4) is 0 Å². The highest BCUT2D eigenvalue weighted by molar-refractivity contribution is 6.04. The van der Waals surface area contributed by atoms with Gasteiger partial charge in [0, 0.05) is 11.3 Å². The van der Waals surface area contributed by atoms with Crippen LogP contribution in [0, 0.1) is 0 Å². The van der Waals surface area contributed by atoms with Gasteiger partial charge in [0.05, 0.1) is 6.61 Å². The highest BCUT2D eigenvalue weighted by atomic mass is 16.7. The van der Waals surface area contributed by atoms with Gasteiger partial charge in [0.15, 0.2) is 0 Å². The summed E-state index contributed by atoms with van der Waals surface area (Å²) in [5.41, 5.74) is 0.997. The second kappa shape index (κ2) is 19.1. The number of unbranched alkanes of at least 4 members (excludes halogenated alkanes) is 14. The number of carbonyl (C=O) groups excluding carboxylic acids is 2. The summed E-state index contributed by atoms with van der Waals surface area (Å²) in [7, 11) is 0. The second-order valence-electron chi connectivity index (χ2n) is 9.68. The van der Waals surface area contributed by atoms with Gasteiger partial charge in [-0.1, -0.05) is 96.8 Å². The number of phenolic OH excluding ortho intramolecular Hbond substituents is 1. The average molecular weight is 512 g/mol. The first kappa shape index (κ1) is 30.2. The van der Waals surface area contributed by atoms with E-state index in [0.717, 1.165) is 12.8 Å². The van der Waals surface area contributed by atoms with Gasteiger partial charge in [-0.3, -0.25) is 4.79 Å². The van der Waals surface area contributed by atoms with Gasteiger partial charge in [-0.2, -0.15) is 0 Å². The summed E-state index contributed by atoms with van der Waals surface area (Å²) in [6.07, 6.45) is 18.7. The van der Waals surface area contributed by atoms with E-state index < -0.39 is 6.16 Å². The van der Waals surface area contributed by atoms with E-state index in [2.05, 4.69) is 12.2 Å². The van der Waals surface area contributed by atoms with E-state index in [1.807, 2.05) is 0 Å². The number of phenols is 1. The average Bonchev–Trinajstić information content (AvgIpc) is 2.90. The Morgan fingerprint density at radius 3 is 1.68 bits per heavy atom. The Bertz CT molecular complexity index is 879. The van der Waals surface area contributed by atoms with Gasteiger partial charge in [0.2, 0.25) is 0 Å². The molecule has 0 aromatic heterocycles. The maximum absolute atomic E-state index is 12.2. The van der Waals surface area contributed by atoms with Crippen molar-refractivity contribution in [2.45, 2.75) is 103 Å². The fourth-order valence-electron chi connectivity index (χ4n) is 4.18. The predicted molar refractivity (Wildman–Crippen MR) is 149 cm³/mol. The van der Waals surface area contributed by atoms with Gasteiger partial charge < -0.3 is 19.9 Å². The first-order valence-corrected chi connectivity index (χ1v) is 14.1. The molecular formula is C31H45NO5. The summed E-state index contributed by atoms with van der Waals surface area (Å²) in [6, 6.07) is 12.5. The van der Waals surface area contributed by atoms with Crippen molar-refractivity contribution in [1.29, 1.82) is 0 Å². The molecule has 2 N–H and O–H groups in total. The van der Waals surface area contributed by atoms with Crippen LogP contribution in [-0.4, -0.2) is 23.8 Å². The zero-order valence-electron chi connectivity index (χ0n) is 22.5. The SMILES string of the molecule is CCCCCCCCCCCCCCCCCOC(=O)Oc1ccc(NC(=O)c2ccc(O)cc2)cc1. The summed E-state index contributed by atoms with van der Waals surface area (Å²) >= 11 is 0. The molecule has 0 saturated heterocycles. The Labute approximate surface area is 222 Å². The lowest BCUT2D eigenvalue weighted by Gasteiger charge is -2.08. The van der Waals surface area contributed by atoms with Gasteiger partial charge in [0.25, 0.3) is 5.91 Å². The number of ether oxygens (including phenoxy) is 2. The first-order valence-electron chi connectivity index (χ1n) is 14.1. The number of carbonyl (C=O) groups is 2. The van der Waals surface area contributed by atoms with Crippen molar-refractivity contribution in [3.63, 3.8) is 0 Å². The van der Waals surface area contributed by atoms with E-state index in [-0.39, 0.29) is 11.7 Å². The lowest BCUT2D eigenvalue weighted by molar-refractivity contribution is 0.0970. The van der Waals surface area contributed by atoms with Crippen LogP contribution in [0.4, 0.5) is 10.5 Å². The van der Waals surface area contributed by atoms with Crippen molar-refractivity contribution in [2.24, 2.45) is 0 Å². The Hall–Kier alpha value is -3.02. The lowest BCUT2D eigenvalue weighted by atomic mass is 10.0. The van der Waals surface area contributed by atoms with Crippen LogP contribution in [0.5, 0.6) is 11.5 Å². The number of benzene rings is 2. The molecule has 0 spiro atoms. The molecule has 0 heterocycles. The molecule has 0 radical (unpaired) electrons. The summed E-state index contributed by atoms with van der Waals surface area (Å²) in [5.74, 6) is 0.158. The minimum absolute atomic E-state index is 0.101. The molecule has 0 unspecified atom stereocenters. The number of hydrogen-bond acceptors (Lipinski definition) is 5. The number of aromatic hydroxyl groups is 1. The van der Waals surface area contributed by atoms with Crippen molar-refractivity contribution in [3.8, 4) is 11.5 Å². The quantitative estimate of drug-likeness (QED) is 0.112. The molecule has 0 aliphatic heterocycles. The van der Waals surface area contributed by atoms with Crippen LogP contribution in [0.25, 0.3) is 0 Å². The van der Waals surface area contributed by atoms with E-state index in [4.69, 9.17) is 9.47 Å². The van der Waals surface area contributed by atoms with Gasteiger partial charge in [-0.25, -0.2) is 4.79 Å². The number of amides is 1. The second-order valence-corrected chi connectivity index (χ2v) is 9.68. The third-order valence-electron chi connectivity index (χ3n) is 6.41. The summed E-state index contributed by atoms with van der Waals surface area (Å²) < 4.78 is 10.4. The molecule has 0 bridgehead atoms. The Kier molecular flexibility index (Phi) is 15.6. The minimum Gasteiger partial charge on any atom is -0.508 e. The van der Waals surface area contributed by atoms with E-state index in [1.165, 1.54) is 108 Å². The molecule has 0 fully saturated rings. The maximum atomic E-state index is 12.2. The molecule has 0 atom stereocenters. The highest BCUT2D eigenvalue weighted by Crippen LogP contribution is 2.18. The van der Waals surface area contributed by atoms with Crippen molar-refractivity contribution < 1.29 is 24.2 Å². The van der Waals surface area contributed by atoms with Gasteiger partial charge in [-0.15, -0.1) is 0 Å². The van der Waals surface area contributed by atoms with Crippen LogP contribution >= 0.6 is 0 Å². The number of rotatable bonds is 19. The zero-order chi connectivity index (χ0) is 26.6.